The third kappa shape index (κ3) is 2.88. The zero-order valence-electron chi connectivity index (χ0n) is 13.5. The van der Waals surface area contributed by atoms with Crippen molar-refractivity contribution in [2.24, 2.45) is 0 Å². The molecular formula is C18H22N4O. The first-order valence-corrected chi connectivity index (χ1v) is 8.33. The molecule has 2 aliphatic heterocycles. The highest BCUT2D eigenvalue weighted by molar-refractivity contribution is 5.40. The van der Waals surface area contributed by atoms with Gasteiger partial charge in [0.2, 0.25) is 5.95 Å². The van der Waals surface area contributed by atoms with Crippen LogP contribution in [0.1, 0.15) is 24.1 Å². The van der Waals surface area contributed by atoms with Gasteiger partial charge in [-0.15, -0.1) is 0 Å². The second-order valence-electron chi connectivity index (χ2n) is 6.21. The Morgan fingerprint density at radius 1 is 1.09 bits per heavy atom. The van der Waals surface area contributed by atoms with Gasteiger partial charge in [0.25, 0.3) is 0 Å². The zero-order valence-corrected chi connectivity index (χ0v) is 13.5. The number of hydrogen-bond acceptors (Lipinski definition) is 5. The van der Waals surface area contributed by atoms with E-state index in [9.17, 15) is 0 Å². The van der Waals surface area contributed by atoms with Crippen molar-refractivity contribution >= 4 is 5.95 Å². The Balaban J connectivity index is 1.42. The average molecular weight is 310 g/mol. The standard InChI is InChI=1S/C18H22N4O/c1-14(15-3-4-17-16(13-15)5-12-23-17)21-8-10-22(11-9-21)18-19-6-2-7-20-18/h2-4,6-7,13-14H,5,8-12H2,1H3. The molecular weight excluding hydrogens is 288 g/mol. The van der Waals surface area contributed by atoms with Crippen molar-refractivity contribution in [2.45, 2.75) is 19.4 Å². The molecule has 1 aromatic carbocycles. The van der Waals surface area contributed by atoms with E-state index in [1.165, 1.54) is 11.1 Å². The molecule has 0 spiro atoms. The number of nitrogens with zero attached hydrogens (tertiary/aromatic N) is 4. The van der Waals surface area contributed by atoms with Crippen molar-refractivity contribution in [3.05, 3.63) is 47.8 Å². The lowest BCUT2D eigenvalue weighted by Crippen LogP contribution is -2.47. The van der Waals surface area contributed by atoms with E-state index in [4.69, 9.17) is 4.74 Å². The van der Waals surface area contributed by atoms with Crippen molar-refractivity contribution in [1.82, 2.24) is 14.9 Å². The van der Waals surface area contributed by atoms with Gasteiger partial charge in [-0.3, -0.25) is 4.90 Å². The van der Waals surface area contributed by atoms with Gasteiger partial charge < -0.3 is 9.64 Å². The van der Waals surface area contributed by atoms with Crippen molar-refractivity contribution < 1.29 is 4.74 Å². The van der Waals surface area contributed by atoms with Crippen LogP contribution in [0.2, 0.25) is 0 Å². The van der Waals surface area contributed by atoms with Gasteiger partial charge in [0.15, 0.2) is 0 Å². The Morgan fingerprint density at radius 3 is 2.65 bits per heavy atom. The molecule has 1 fully saturated rings. The van der Waals surface area contributed by atoms with Gasteiger partial charge in [0.1, 0.15) is 5.75 Å². The van der Waals surface area contributed by atoms with Crippen LogP contribution in [0.15, 0.2) is 36.7 Å². The minimum atomic E-state index is 0.430. The Labute approximate surface area is 136 Å². The molecule has 0 aliphatic carbocycles. The SMILES string of the molecule is CC(c1ccc2c(c1)CCO2)N1CCN(c2ncccn2)CC1. The number of anilines is 1. The molecule has 23 heavy (non-hydrogen) atoms. The molecule has 0 N–H and O–H groups in total. The predicted octanol–water partition coefficient (Wildman–Crippen LogP) is 2.29. The summed E-state index contributed by atoms with van der Waals surface area (Å²) in [5.74, 6) is 1.90. The second-order valence-corrected chi connectivity index (χ2v) is 6.21. The van der Waals surface area contributed by atoms with Gasteiger partial charge in [0.05, 0.1) is 6.61 Å². The van der Waals surface area contributed by atoms with Crippen LogP contribution < -0.4 is 9.64 Å². The van der Waals surface area contributed by atoms with Crippen LogP contribution in [0.3, 0.4) is 0 Å². The monoisotopic (exact) mass is 310 g/mol. The van der Waals surface area contributed by atoms with Crippen LogP contribution in [0.5, 0.6) is 5.75 Å². The number of piperazine rings is 1. The molecule has 1 atom stereocenters. The van der Waals surface area contributed by atoms with E-state index in [0.717, 1.165) is 50.9 Å². The Morgan fingerprint density at radius 2 is 1.87 bits per heavy atom. The summed E-state index contributed by atoms with van der Waals surface area (Å²) >= 11 is 0. The van der Waals surface area contributed by atoms with Crippen LogP contribution in [0.25, 0.3) is 0 Å². The van der Waals surface area contributed by atoms with E-state index in [2.05, 4.69) is 44.9 Å². The molecule has 4 rings (SSSR count). The average Bonchev–Trinajstić information content (AvgIpc) is 3.10. The molecule has 0 saturated carbocycles. The van der Waals surface area contributed by atoms with Gasteiger partial charge in [-0.1, -0.05) is 12.1 Å². The fourth-order valence-electron chi connectivity index (χ4n) is 3.44. The predicted molar refractivity (Wildman–Crippen MR) is 89.9 cm³/mol. The fraction of sp³-hybridized carbons (Fsp3) is 0.444. The molecule has 120 valence electrons. The van der Waals surface area contributed by atoms with Gasteiger partial charge in [-0.25, -0.2) is 9.97 Å². The normalized spacial score (nSPS) is 19.3. The summed E-state index contributed by atoms with van der Waals surface area (Å²) in [5.41, 5.74) is 2.74. The largest absolute Gasteiger partial charge is 0.493 e. The molecule has 1 unspecified atom stereocenters. The van der Waals surface area contributed by atoms with Gasteiger partial charge in [0, 0.05) is 51.0 Å². The van der Waals surface area contributed by atoms with Crippen LogP contribution in [0, 0.1) is 0 Å². The molecule has 1 aromatic heterocycles. The van der Waals surface area contributed by atoms with Crippen molar-refractivity contribution in [1.29, 1.82) is 0 Å². The first kappa shape index (κ1) is 14.5. The lowest BCUT2D eigenvalue weighted by molar-refractivity contribution is 0.197. The minimum Gasteiger partial charge on any atom is -0.493 e. The Kier molecular flexibility index (Phi) is 3.87. The molecule has 0 radical (unpaired) electrons. The third-order valence-electron chi connectivity index (χ3n) is 4.89. The summed E-state index contributed by atoms with van der Waals surface area (Å²) in [5, 5.41) is 0. The van der Waals surface area contributed by atoms with Crippen LogP contribution in [-0.2, 0) is 6.42 Å². The lowest BCUT2D eigenvalue weighted by Gasteiger charge is -2.38. The first-order valence-electron chi connectivity index (χ1n) is 8.33. The molecule has 0 bridgehead atoms. The third-order valence-corrected chi connectivity index (χ3v) is 4.89. The number of rotatable bonds is 3. The highest BCUT2D eigenvalue weighted by Crippen LogP contribution is 2.30. The van der Waals surface area contributed by atoms with Crippen molar-refractivity contribution in [3.63, 3.8) is 0 Å². The van der Waals surface area contributed by atoms with E-state index in [-0.39, 0.29) is 0 Å². The smallest absolute Gasteiger partial charge is 0.225 e. The van der Waals surface area contributed by atoms with E-state index >= 15 is 0 Å². The highest BCUT2D eigenvalue weighted by atomic mass is 16.5. The molecule has 0 amide bonds. The molecule has 3 heterocycles. The fourth-order valence-corrected chi connectivity index (χ4v) is 3.44. The quantitative estimate of drug-likeness (QED) is 0.870. The molecule has 1 saturated heterocycles. The number of aromatic nitrogens is 2. The lowest BCUT2D eigenvalue weighted by atomic mass is 10.0. The number of ether oxygens (including phenoxy) is 1. The maximum atomic E-state index is 5.61. The molecule has 2 aromatic rings. The van der Waals surface area contributed by atoms with Crippen LogP contribution in [-0.4, -0.2) is 47.7 Å². The summed E-state index contributed by atoms with van der Waals surface area (Å²) in [6.07, 6.45) is 4.66. The van der Waals surface area contributed by atoms with E-state index in [1.54, 1.807) is 0 Å². The summed E-state index contributed by atoms with van der Waals surface area (Å²) in [6.45, 7) is 7.14. The highest BCUT2D eigenvalue weighted by Gasteiger charge is 2.24. The number of benzene rings is 1. The summed E-state index contributed by atoms with van der Waals surface area (Å²) in [7, 11) is 0. The maximum absolute atomic E-state index is 5.61. The van der Waals surface area contributed by atoms with Crippen molar-refractivity contribution in [2.75, 3.05) is 37.7 Å². The second kappa shape index (κ2) is 6.16. The Bertz CT molecular complexity index is 668. The Hall–Kier alpha value is -2.14. The van der Waals surface area contributed by atoms with Gasteiger partial charge in [-0.05, 0) is 30.2 Å². The summed E-state index contributed by atoms with van der Waals surface area (Å²) in [4.78, 5) is 13.5. The van der Waals surface area contributed by atoms with Gasteiger partial charge >= 0.3 is 0 Å². The zero-order chi connectivity index (χ0) is 15.6. The van der Waals surface area contributed by atoms with E-state index in [0.29, 0.717) is 6.04 Å². The van der Waals surface area contributed by atoms with Gasteiger partial charge in [-0.2, -0.15) is 0 Å². The summed E-state index contributed by atoms with van der Waals surface area (Å²) in [6, 6.07) is 8.95. The number of hydrogen-bond donors (Lipinski definition) is 0. The molecule has 5 heteroatoms. The molecule has 2 aliphatic rings. The maximum Gasteiger partial charge on any atom is 0.225 e. The van der Waals surface area contributed by atoms with E-state index in [1.807, 2.05) is 18.5 Å². The van der Waals surface area contributed by atoms with E-state index < -0.39 is 0 Å². The van der Waals surface area contributed by atoms with Crippen LogP contribution >= 0.6 is 0 Å². The molecule has 5 nitrogen and oxygen atoms in total. The number of fused-ring (bicyclic) bond motifs is 1. The topological polar surface area (TPSA) is 41.5 Å². The van der Waals surface area contributed by atoms with Crippen LogP contribution in [0.4, 0.5) is 5.95 Å². The minimum absolute atomic E-state index is 0.430. The summed E-state index contributed by atoms with van der Waals surface area (Å²) < 4.78 is 5.61. The van der Waals surface area contributed by atoms with Crippen molar-refractivity contribution in [3.8, 4) is 5.75 Å². The first-order chi connectivity index (χ1) is 11.3.